The van der Waals surface area contributed by atoms with Crippen molar-refractivity contribution in [3.05, 3.63) is 66.0 Å². The third-order valence-electron chi connectivity index (χ3n) is 2.67. The van der Waals surface area contributed by atoms with Crippen LogP contribution in [0.4, 0.5) is 4.39 Å². The van der Waals surface area contributed by atoms with Crippen LogP contribution in [0.1, 0.15) is 5.56 Å². The Morgan fingerprint density at radius 3 is 2.20 bits per heavy atom. The van der Waals surface area contributed by atoms with Crippen molar-refractivity contribution >= 4 is 15.9 Å². The minimum Gasteiger partial charge on any atom is -0.276 e. The smallest absolute Gasteiger partial charge is 0.276 e. The van der Waals surface area contributed by atoms with E-state index in [1.54, 1.807) is 25.2 Å². The van der Waals surface area contributed by atoms with E-state index in [0.29, 0.717) is 5.56 Å². The number of sulfonamides is 1. The van der Waals surface area contributed by atoms with Crippen molar-refractivity contribution in [2.45, 2.75) is 4.90 Å². The van der Waals surface area contributed by atoms with Gasteiger partial charge < -0.3 is 0 Å². The zero-order chi connectivity index (χ0) is 14.6. The molecule has 0 radical (unpaired) electrons. The maximum atomic E-state index is 12.9. The number of hydrogen-bond donors (Lipinski definition) is 2. The monoisotopic (exact) mass is 293 g/mol. The maximum absolute atomic E-state index is 12.9. The number of benzene rings is 2. The number of amidine groups is 1. The highest BCUT2D eigenvalue weighted by Crippen LogP contribution is 2.08. The molecule has 6 heteroatoms. The molecule has 0 heterocycles. The van der Waals surface area contributed by atoms with E-state index in [2.05, 4.69) is 9.71 Å². The first kappa shape index (κ1) is 14.2. The summed E-state index contributed by atoms with van der Waals surface area (Å²) in [6.45, 7) is 0. The summed E-state index contributed by atoms with van der Waals surface area (Å²) >= 11 is 0. The van der Waals surface area contributed by atoms with E-state index in [4.69, 9.17) is 0 Å². The number of halogens is 1. The first-order chi connectivity index (χ1) is 9.53. The van der Waals surface area contributed by atoms with Crippen molar-refractivity contribution < 1.29 is 17.8 Å². The third kappa shape index (κ3) is 3.21. The van der Waals surface area contributed by atoms with E-state index in [1.165, 1.54) is 36.4 Å². The van der Waals surface area contributed by atoms with Crippen LogP contribution in [0.25, 0.3) is 0 Å². The van der Waals surface area contributed by atoms with E-state index < -0.39 is 10.0 Å². The van der Waals surface area contributed by atoms with Crippen molar-refractivity contribution in [2.24, 2.45) is 0 Å². The van der Waals surface area contributed by atoms with Gasteiger partial charge in [-0.25, -0.2) is 4.39 Å². The Balaban J connectivity index is 2.30. The highest BCUT2D eigenvalue weighted by Gasteiger charge is 2.22. The van der Waals surface area contributed by atoms with Gasteiger partial charge in [0.05, 0.1) is 12.6 Å². The molecule has 0 atom stereocenters. The molecule has 0 aliphatic heterocycles. The topological polar surface area (TPSA) is 60.1 Å². The maximum Gasteiger partial charge on any atom is 0.328 e. The Hall–Kier alpha value is -2.21. The Bertz CT molecular complexity index is 711. The number of hydrogen-bond acceptors (Lipinski definition) is 2. The molecule has 20 heavy (non-hydrogen) atoms. The summed E-state index contributed by atoms with van der Waals surface area (Å²) < 4.78 is 39.7. The van der Waals surface area contributed by atoms with Crippen LogP contribution < -0.4 is 9.71 Å². The lowest BCUT2D eigenvalue weighted by Crippen LogP contribution is -2.72. The van der Waals surface area contributed by atoms with Crippen molar-refractivity contribution in [1.82, 2.24) is 4.72 Å². The Kier molecular flexibility index (Phi) is 4.14. The molecule has 0 unspecified atom stereocenters. The molecular formula is C14H14FN2O2S+. The summed E-state index contributed by atoms with van der Waals surface area (Å²) in [6.07, 6.45) is 0. The molecular weight excluding hydrogens is 279 g/mol. The van der Waals surface area contributed by atoms with Crippen molar-refractivity contribution in [1.29, 1.82) is 0 Å². The molecule has 0 aliphatic rings. The normalized spacial score (nSPS) is 12.2. The van der Waals surface area contributed by atoms with Gasteiger partial charge in [-0.2, -0.15) is 13.1 Å². The molecule has 0 bridgehead atoms. The first-order valence-electron chi connectivity index (χ1n) is 5.91. The molecule has 0 fully saturated rings. The molecule has 0 saturated heterocycles. The third-order valence-corrected chi connectivity index (χ3v) is 4.04. The van der Waals surface area contributed by atoms with Crippen molar-refractivity contribution in [3.63, 3.8) is 0 Å². The molecule has 0 aliphatic carbocycles. The van der Waals surface area contributed by atoms with Crippen LogP contribution >= 0.6 is 0 Å². The van der Waals surface area contributed by atoms with Gasteiger partial charge in [-0.05, 0) is 36.4 Å². The Morgan fingerprint density at radius 2 is 1.65 bits per heavy atom. The Labute approximate surface area is 117 Å². The summed E-state index contributed by atoms with van der Waals surface area (Å²) in [6, 6.07) is 13.6. The second-order valence-electron chi connectivity index (χ2n) is 4.05. The van der Waals surface area contributed by atoms with E-state index in [1.807, 2.05) is 0 Å². The number of rotatable bonds is 3. The highest BCUT2D eigenvalue weighted by atomic mass is 32.2. The second-order valence-corrected chi connectivity index (χ2v) is 5.73. The van der Waals surface area contributed by atoms with Crippen LogP contribution in [-0.4, -0.2) is 21.3 Å². The fourth-order valence-corrected chi connectivity index (χ4v) is 2.79. The Morgan fingerprint density at radius 1 is 1.05 bits per heavy atom. The fraction of sp³-hybridized carbons (Fsp3) is 0.0714. The van der Waals surface area contributed by atoms with Gasteiger partial charge in [-0.3, -0.25) is 4.99 Å². The van der Waals surface area contributed by atoms with Crippen LogP contribution in [0.15, 0.2) is 59.5 Å². The molecule has 2 rings (SSSR count). The predicted molar refractivity (Wildman–Crippen MR) is 74.2 cm³/mol. The summed E-state index contributed by atoms with van der Waals surface area (Å²) in [7, 11) is -2.08. The molecule has 0 saturated carbocycles. The van der Waals surface area contributed by atoms with Crippen LogP contribution in [0, 0.1) is 5.82 Å². The molecule has 104 valence electrons. The first-order valence-corrected chi connectivity index (χ1v) is 7.40. The lowest BCUT2D eigenvalue weighted by Gasteiger charge is -2.04. The molecule has 2 aromatic rings. The standard InChI is InChI=1S/C14H13FN2O2S/c1-16-14(11-7-9-12(15)10-8-11)17-20(18,19)13-5-3-2-4-6-13/h2-10H,1H3,(H,16,17)/p+1. The van der Waals surface area contributed by atoms with Gasteiger partial charge in [0.2, 0.25) is 0 Å². The molecule has 2 aromatic carbocycles. The molecule has 0 spiro atoms. The SMILES string of the molecule is C[NH+]=C(NS(=O)(=O)c1ccccc1)c1ccc(F)cc1. The summed E-state index contributed by atoms with van der Waals surface area (Å²) in [4.78, 5) is 2.93. The lowest BCUT2D eigenvalue weighted by atomic mass is 10.2. The molecule has 0 amide bonds. The zero-order valence-electron chi connectivity index (χ0n) is 10.8. The van der Waals surface area contributed by atoms with Crippen LogP contribution in [0.2, 0.25) is 0 Å². The fourth-order valence-electron chi connectivity index (χ4n) is 1.66. The summed E-state index contributed by atoms with van der Waals surface area (Å²) in [5.74, 6) is -0.0935. The van der Waals surface area contributed by atoms with Gasteiger partial charge in [0.25, 0.3) is 5.84 Å². The molecule has 2 N–H and O–H groups in total. The minimum absolute atomic E-state index is 0.162. The van der Waals surface area contributed by atoms with Gasteiger partial charge in [0.1, 0.15) is 10.7 Å². The zero-order valence-corrected chi connectivity index (χ0v) is 11.6. The molecule has 4 nitrogen and oxygen atoms in total. The minimum atomic E-state index is -3.67. The highest BCUT2D eigenvalue weighted by molar-refractivity contribution is 7.90. The van der Waals surface area contributed by atoms with Gasteiger partial charge in [-0.1, -0.05) is 18.2 Å². The number of nitrogens with one attached hydrogen (secondary N) is 2. The van der Waals surface area contributed by atoms with Gasteiger partial charge in [0.15, 0.2) is 0 Å². The van der Waals surface area contributed by atoms with Crippen molar-refractivity contribution in [3.8, 4) is 0 Å². The average Bonchev–Trinajstić information content (AvgIpc) is 2.47. The van der Waals surface area contributed by atoms with Gasteiger partial charge in [-0.15, -0.1) is 0 Å². The van der Waals surface area contributed by atoms with E-state index >= 15 is 0 Å². The lowest BCUT2D eigenvalue weighted by molar-refractivity contribution is -0.420. The van der Waals surface area contributed by atoms with Crippen LogP contribution in [0.3, 0.4) is 0 Å². The quantitative estimate of drug-likeness (QED) is 0.630. The van der Waals surface area contributed by atoms with Crippen molar-refractivity contribution in [2.75, 3.05) is 7.05 Å². The van der Waals surface area contributed by atoms with Crippen LogP contribution in [-0.2, 0) is 10.0 Å². The van der Waals surface area contributed by atoms with Gasteiger partial charge in [0, 0.05) is 0 Å². The summed E-state index contributed by atoms with van der Waals surface area (Å²) in [5.41, 5.74) is 0.549. The predicted octanol–water partition coefficient (Wildman–Crippen LogP) is 0.261. The van der Waals surface area contributed by atoms with E-state index in [0.717, 1.165) is 0 Å². The van der Waals surface area contributed by atoms with Gasteiger partial charge >= 0.3 is 10.0 Å². The molecule has 0 aromatic heterocycles. The largest absolute Gasteiger partial charge is 0.328 e. The van der Waals surface area contributed by atoms with E-state index in [9.17, 15) is 12.8 Å². The van der Waals surface area contributed by atoms with E-state index in [-0.39, 0.29) is 16.5 Å². The average molecular weight is 293 g/mol. The summed E-state index contributed by atoms with van der Waals surface area (Å²) in [5, 5.41) is 0. The van der Waals surface area contributed by atoms with Crippen LogP contribution in [0.5, 0.6) is 0 Å². The second kappa shape index (κ2) is 5.83.